The predicted octanol–water partition coefficient (Wildman–Crippen LogP) is 6.07. The fourth-order valence-electron chi connectivity index (χ4n) is 3.78. The summed E-state index contributed by atoms with van der Waals surface area (Å²) >= 11 is 3.36. The maximum Gasteiger partial charge on any atom is 0.344 e. The molecule has 34 heavy (non-hydrogen) atoms. The van der Waals surface area contributed by atoms with Gasteiger partial charge in [-0.25, -0.2) is 4.79 Å². The molecule has 0 saturated carbocycles. The van der Waals surface area contributed by atoms with Crippen LogP contribution in [-0.4, -0.2) is 12.6 Å². The van der Waals surface area contributed by atoms with E-state index in [1.807, 2.05) is 30.3 Å². The Morgan fingerprint density at radius 3 is 2.65 bits per heavy atom. The monoisotopic (exact) mass is 518 g/mol. The average molecular weight is 519 g/mol. The van der Waals surface area contributed by atoms with Crippen LogP contribution in [0.25, 0.3) is 0 Å². The first-order chi connectivity index (χ1) is 16.5. The lowest BCUT2D eigenvalue weighted by Gasteiger charge is -2.28. The number of nitrogens with zero attached hydrogens (tertiary/aromatic N) is 1. The third-order valence-electron chi connectivity index (χ3n) is 5.48. The van der Waals surface area contributed by atoms with E-state index in [9.17, 15) is 10.1 Å². The maximum atomic E-state index is 12.6. The van der Waals surface area contributed by atoms with Crippen LogP contribution in [0.5, 0.6) is 17.2 Å². The van der Waals surface area contributed by atoms with Crippen LogP contribution in [0.15, 0.2) is 82.7 Å². The Bertz CT molecular complexity index is 1300. The summed E-state index contributed by atoms with van der Waals surface area (Å²) in [5, 5.41) is 9.87. The molecular weight excluding hydrogens is 496 g/mol. The third kappa shape index (κ3) is 4.78. The predicted molar refractivity (Wildman–Crippen MR) is 132 cm³/mol. The molecule has 1 aliphatic heterocycles. The molecular formula is C27H23BrN2O4. The molecule has 3 aromatic rings. The van der Waals surface area contributed by atoms with Gasteiger partial charge < -0.3 is 19.9 Å². The molecule has 0 spiro atoms. The Balaban J connectivity index is 1.70. The molecule has 0 fully saturated rings. The Morgan fingerprint density at radius 2 is 1.88 bits per heavy atom. The molecule has 172 valence electrons. The van der Waals surface area contributed by atoms with E-state index in [-0.39, 0.29) is 5.88 Å². The first-order valence-corrected chi connectivity index (χ1v) is 11.7. The lowest BCUT2D eigenvalue weighted by atomic mass is 9.83. The van der Waals surface area contributed by atoms with Gasteiger partial charge in [0.05, 0.1) is 18.1 Å². The van der Waals surface area contributed by atoms with Gasteiger partial charge in [0.1, 0.15) is 28.9 Å². The Hall–Kier alpha value is -3.76. The molecule has 4 rings (SSSR count). The van der Waals surface area contributed by atoms with E-state index in [0.29, 0.717) is 39.5 Å². The summed E-state index contributed by atoms with van der Waals surface area (Å²) in [6.07, 6.45) is 1.94. The van der Waals surface area contributed by atoms with Gasteiger partial charge in [-0.3, -0.25) is 0 Å². The topological polar surface area (TPSA) is 94.6 Å². The normalized spacial score (nSPS) is 14.6. The number of hydrogen-bond acceptors (Lipinski definition) is 6. The minimum atomic E-state index is -0.504. The number of nitrogens with two attached hydrogens (primary N) is 1. The molecule has 1 aliphatic rings. The summed E-state index contributed by atoms with van der Waals surface area (Å²) in [6, 6.07) is 21.9. The number of benzene rings is 3. The molecule has 1 atom stereocenters. The fraction of sp³-hybridized carbons (Fsp3) is 0.185. The molecule has 6 nitrogen and oxygen atoms in total. The van der Waals surface area contributed by atoms with Crippen LogP contribution in [-0.2, 0) is 0 Å². The lowest BCUT2D eigenvalue weighted by Crippen LogP contribution is -2.21. The molecule has 3 aromatic carbocycles. The number of carbonyl (C=O) groups excluding carboxylic acids is 1. The molecule has 0 amide bonds. The van der Waals surface area contributed by atoms with Gasteiger partial charge in [-0.15, -0.1) is 0 Å². The van der Waals surface area contributed by atoms with E-state index >= 15 is 0 Å². The third-order valence-corrected chi connectivity index (χ3v) is 6.17. The van der Waals surface area contributed by atoms with Gasteiger partial charge in [-0.2, -0.15) is 5.26 Å². The lowest BCUT2D eigenvalue weighted by molar-refractivity contribution is 0.0733. The first-order valence-electron chi connectivity index (χ1n) is 10.9. The van der Waals surface area contributed by atoms with E-state index in [1.165, 1.54) is 0 Å². The number of allylic oxidation sites excluding steroid dienone is 1. The number of nitriles is 1. The van der Waals surface area contributed by atoms with Gasteiger partial charge in [-0.05, 0) is 46.6 Å². The Labute approximate surface area is 206 Å². The number of halogens is 1. The van der Waals surface area contributed by atoms with Crippen molar-refractivity contribution < 1.29 is 19.0 Å². The van der Waals surface area contributed by atoms with Crippen LogP contribution >= 0.6 is 15.9 Å². The second-order valence-electron chi connectivity index (χ2n) is 7.73. The number of carbonyl (C=O) groups is 1. The van der Waals surface area contributed by atoms with Crippen molar-refractivity contribution in [3.63, 3.8) is 0 Å². The molecule has 2 N–H and O–H groups in total. The number of rotatable bonds is 7. The van der Waals surface area contributed by atoms with Gasteiger partial charge in [-0.1, -0.05) is 49.7 Å². The SMILES string of the molecule is CCCCOc1ccccc1C1C(C#N)=C(N)Oc2cc(OC(=O)c3ccccc3Br)ccc21. The standard InChI is InChI=1S/C27H23BrN2O4/c1-2-3-14-32-23-11-7-5-9-19(23)25-20-13-12-17(15-24(20)34-26(30)21(25)16-29)33-27(31)18-8-4-6-10-22(18)28/h4-13,15,25H,2-3,14,30H2,1H3. The minimum absolute atomic E-state index is 0.0117. The van der Waals surface area contributed by atoms with E-state index < -0.39 is 11.9 Å². The number of fused-ring (bicyclic) bond motifs is 1. The highest BCUT2D eigenvalue weighted by molar-refractivity contribution is 9.10. The van der Waals surface area contributed by atoms with Crippen LogP contribution in [0, 0.1) is 11.3 Å². The molecule has 0 bridgehead atoms. The van der Waals surface area contributed by atoms with Crippen molar-refractivity contribution in [1.29, 1.82) is 5.26 Å². The second-order valence-corrected chi connectivity index (χ2v) is 8.59. The van der Waals surface area contributed by atoms with Crippen molar-refractivity contribution >= 4 is 21.9 Å². The summed E-state index contributed by atoms with van der Waals surface area (Å²) in [6.45, 7) is 2.68. The van der Waals surface area contributed by atoms with E-state index in [1.54, 1.807) is 36.4 Å². The van der Waals surface area contributed by atoms with Crippen molar-refractivity contribution in [2.45, 2.75) is 25.7 Å². The van der Waals surface area contributed by atoms with Crippen LogP contribution in [0.2, 0.25) is 0 Å². The molecule has 0 radical (unpaired) electrons. The van der Waals surface area contributed by atoms with Crippen molar-refractivity contribution in [3.05, 3.63) is 99.3 Å². The highest BCUT2D eigenvalue weighted by Gasteiger charge is 2.33. The highest BCUT2D eigenvalue weighted by Crippen LogP contribution is 2.46. The fourth-order valence-corrected chi connectivity index (χ4v) is 4.23. The van der Waals surface area contributed by atoms with Crippen molar-refractivity contribution in [2.24, 2.45) is 5.73 Å². The summed E-state index contributed by atoms with van der Waals surface area (Å²) in [7, 11) is 0. The summed E-state index contributed by atoms with van der Waals surface area (Å²) in [5.74, 6) is 0.452. The number of esters is 1. The zero-order chi connectivity index (χ0) is 24.1. The molecule has 7 heteroatoms. The summed E-state index contributed by atoms with van der Waals surface area (Å²) in [4.78, 5) is 12.6. The number of hydrogen-bond donors (Lipinski definition) is 1. The zero-order valence-electron chi connectivity index (χ0n) is 18.6. The highest BCUT2D eigenvalue weighted by atomic mass is 79.9. The van der Waals surface area contributed by atoms with Gasteiger partial charge in [0.15, 0.2) is 0 Å². The van der Waals surface area contributed by atoms with Crippen LogP contribution in [0.3, 0.4) is 0 Å². The Morgan fingerprint density at radius 1 is 1.12 bits per heavy atom. The molecule has 1 heterocycles. The number of para-hydroxylation sites is 1. The van der Waals surface area contributed by atoms with E-state index in [0.717, 1.165) is 24.0 Å². The second kappa shape index (κ2) is 10.4. The molecule has 0 aromatic heterocycles. The first kappa shape index (κ1) is 23.4. The van der Waals surface area contributed by atoms with Gasteiger partial charge in [0.25, 0.3) is 0 Å². The van der Waals surface area contributed by atoms with E-state index in [2.05, 4.69) is 28.9 Å². The van der Waals surface area contributed by atoms with E-state index in [4.69, 9.17) is 19.9 Å². The minimum Gasteiger partial charge on any atom is -0.493 e. The smallest absolute Gasteiger partial charge is 0.344 e. The molecule has 1 unspecified atom stereocenters. The Kier molecular flexibility index (Phi) is 7.19. The summed E-state index contributed by atoms with van der Waals surface area (Å²) < 4.78 is 18.0. The average Bonchev–Trinajstić information content (AvgIpc) is 2.84. The molecule has 0 aliphatic carbocycles. The van der Waals surface area contributed by atoms with Crippen molar-refractivity contribution in [2.75, 3.05) is 6.61 Å². The zero-order valence-corrected chi connectivity index (χ0v) is 20.2. The van der Waals surface area contributed by atoms with Crippen LogP contribution in [0.4, 0.5) is 0 Å². The number of unbranched alkanes of at least 4 members (excludes halogenated alkanes) is 1. The quantitative estimate of drug-likeness (QED) is 0.232. The largest absolute Gasteiger partial charge is 0.493 e. The van der Waals surface area contributed by atoms with Gasteiger partial charge in [0, 0.05) is 21.7 Å². The van der Waals surface area contributed by atoms with Gasteiger partial charge >= 0.3 is 5.97 Å². The van der Waals surface area contributed by atoms with Crippen molar-refractivity contribution in [3.8, 4) is 23.3 Å². The van der Waals surface area contributed by atoms with Crippen molar-refractivity contribution in [1.82, 2.24) is 0 Å². The van der Waals surface area contributed by atoms with Crippen LogP contribution in [0.1, 0.15) is 47.2 Å². The summed E-state index contributed by atoms with van der Waals surface area (Å²) in [5.41, 5.74) is 8.41. The maximum absolute atomic E-state index is 12.6. The molecule has 0 saturated heterocycles. The van der Waals surface area contributed by atoms with Crippen LogP contribution < -0.4 is 19.9 Å². The number of ether oxygens (including phenoxy) is 3. The van der Waals surface area contributed by atoms with Gasteiger partial charge in [0.2, 0.25) is 5.88 Å².